The maximum Gasteiger partial charge on any atom is 0.148 e. The van der Waals surface area contributed by atoms with Crippen molar-refractivity contribution in [2.24, 2.45) is 5.92 Å². The second-order valence-electron chi connectivity index (χ2n) is 4.38. The number of halogens is 2. The van der Waals surface area contributed by atoms with Gasteiger partial charge in [0.2, 0.25) is 0 Å². The van der Waals surface area contributed by atoms with Crippen molar-refractivity contribution in [3.63, 3.8) is 0 Å². The average molecular weight is 286 g/mol. The van der Waals surface area contributed by atoms with Gasteiger partial charge in [0.25, 0.3) is 0 Å². The van der Waals surface area contributed by atoms with Gasteiger partial charge >= 0.3 is 0 Å². The molecule has 1 aromatic carbocycles. The molecule has 0 radical (unpaired) electrons. The third-order valence-electron chi connectivity index (χ3n) is 3.06. The summed E-state index contributed by atoms with van der Waals surface area (Å²) in [5.41, 5.74) is 0.266. The van der Waals surface area contributed by atoms with E-state index in [-0.39, 0.29) is 17.4 Å². The SMILES string of the molecule is O=C1CCCCC1C(=S)Nc1ccc(Cl)cc1F. The maximum absolute atomic E-state index is 13.6. The monoisotopic (exact) mass is 285 g/mol. The van der Waals surface area contributed by atoms with Gasteiger partial charge in [0.15, 0.2) is 0 Å². The van der Waals surface area contributed by atoms with Gasteiger partial charge in [-0.25, -0.2) is 4.39 Å². The van der Waals surface area contributed by atoms with E-state index in [4.69, 9.17) is 23.8 Å². The number of carbonyl (C=O) groups is 1. The van der Waals surface area contributed by atoms with Gasteiger partial charge in [0, 0.05) is 11.4 Å². The van der Waals surface area contributed by atoms with Gasteiger partial charge in [-0.2, -0.15) is 0 Å². The molecule has 0 amide bonds. The Hall–Kier alpha value is -1.00. The van der Waals surface area contributed by atoms with Crippen LogP contribution in [0.25, 0.3) is 0 Å². The minimum absolute atomic E-state index is 0.146. The van der Waals surface area contributed by atoms with Gasteiger partial charge < -0.3 is 5.32 Å². The topological polar surface area (TPSA) is 29.1 Å². The summed E-state index contributed by atoms with van der Waals surface area (Å²) in [5, 5.41) is 3.15. The quantitative estimate of drug-likeness (QED) is 0.834. The molecule has 1 N–H and O–H groups in total. The van der Waals surface area contributed by atoms with Crippen molar-refractivity contribution in [2.45, 2.75) is 25.7 Å². The van der Waals surface area contributed by atoms with E-state index >= 15 is 0 Å². The predicted octanol–water partition coefficient (Wildman–Crippen LogP) is 3.98. The first-order chi connectivity index (χ1) is 8.58. The highest BCUT2D eigenvalue weighted by molar-refractivity contribution is 7.80. The lowest BCUT2D eigenvalue weighted by molar-refractivity contribution is -0.122. The molecule has 5 heteroatoms. The van der Waals surface area contributed by atoms with Crippen LogP contribution in [0.5, 0.6) is 0 Å². The zero-order valence-electron chi connectivity index (χ0n) is 9.71. The molecule has 0 aliphatic heterocycles. The highest BCUT2D eigenvalue weighted by Crippen LogP contribution is 2.25. The Morgan fingerprint density at radius 3 is 2.89 bits per heavy atom. The fraction of sp³-hybridized carbons (Fsp3) is 0.385. The number of nitrogens with one attached hydrogen (secondary N) is 1. The molecule has 0 aromatic heterocycles. The van der Waals surface area contributed by atoms with Crippen LogP contribution in [0.1, 0.15) is 25.7 Å². The first kappa shape index (κ1) is 13.4. The van der Waals surface area contributed by atoms with Crippen molar-refractivity contribution in [1.82, 2.24) is 0 Å². The number of hydrogen-bond acceptors (Lipinski definition) is 2. The van der Waals surface area contributed by atoms with Crippen LogP contribution >= 0.6 is 23.8 Å². The minimum atomic E-state index is -0.465. The van der Waals surface area contributed by atoms with Crippen LogP contribution in [0.15, 0.2) is 18.2 Å². The summed E-state index contributed by atoms with van der Waals surface area (Å²) in [6.45, 7) is 0. The molecule has 96 valence electrons. The first-order valence-electron chi connectivity index (χ1n) is 5.86. The Balaban J connectivity index is 2.08. The molecule has 0 bridgehead atoms. The van der Waals surface area contributed by atoms with E-state index in [0.717, 1.165) is 19.3 Å². The number of hydrogen-bond donors (Lipinski definition) is 1. The highest BCUT2D eigenvalue weighted by Gasteiger charge is 2.26. The molecule has 18 heavy (non-hydrogen) atoms. The average Bonchev–Trinajstić information content (AvgIpc) is 2.33. The summed E-state index contributed by atoms with van der Waals surface area (Å²) in [7, 11) is 0. The molecular weight excluding hydrogens is 273 g/mol. The molecule has 1 aliphatic rings. The van der Waals surface area contributed by atoms with Crippen molar-refractivity contribution in [1.29, 1.82) is 0 Å². The summed E-state index contributed by atoms with van der Waals surface area (Å²) in [6, 6.07) is 4.32. The zero-order chi connectivity index (χ0) is 13.1. The normalized spacial score (nSPS) is 19.7. The molecule has 1 saturated carbocycles. The predicted molar refractivity (Wildman–Crippen MR) is 74.6 cm³/mol. The van der Waals surface area contributed by atoms with Crippen LogP contribution < -0.4 is 5.32 Å². The smallest absolute Gasteiger partial charge is 0.148 e. The van der Waals surface area contributed by atoms with Crippen LogP contribution in [0.4, 0.5) is 10.1 Å². The molecule has 0 spiro atoms. The number of carbonyl (C=O) groups excluding carboxylic acids is 1. The summed E-state index contributed by atoms with van der Waals surface area (Å²) in [4.78, 5) is 12.1. The van der Waals surface area contributed by atoms with E-state index in [1.54, 1.807) is 6.07 Å². The van der Waals surface area contributed by atoms with E-state index in [1.165, 1.54) is 12.1 Å². The number of anilines is 1. The Kier molecular flexibility index (Phi) is 4.30. The van der Waals surface area contributed by atoms with Crippen molar-refractivity contribution < 1.29 is 9.18 Å². The zero-order valence-corrected chi connectivity index (χ0v) is 11.3. The van der Waals surface area contributed by atoms with Crippen LogP contribution in [-0.2, 0) is 4.79 Å². The largest absolute Gasteiger partial charge is 0.347 e. The lowest BCUT2D eigenvalue weighted by atomic mass is 9.88. The fourth-order valence-electron chi connectivity index (χ4n) is 2.07. The molecule has 1 atom stereocenters. The van der Waals surface area contributed by atoms with E-state index in [9.17, 15) is 9.18 Å². The van der Waals surface area contributed by atoms with Crippen LogP contribution in [0.2, 0.25) is 5.02 Å². The standard InChI is InChI=1S/C13H13ClFNOS/c14-8-5-6-11(10(15)7-8)16-13(18)9-3-1-2-4-12(9)17/h5-7,9H,1-4H2,(H,16,18). The fourth-order valence-corrected chi connectivity index (χ4v) is 2.59. The molecule has 1 aromatic rings. The number of ketones is 1. The van der Waals surface area contributed by atoms with Gasteiger partial charge in [-0.15, -0.1) is 0 Å². The molecule has 0 saturated heterocycles. The number of rotatable bonds is 2. The van der Waals surface area contributed by atoms with Crippen molar-refractivity contribution in [3.8, 4) is 0 Å². The second-order valence-corrected chi connectivity index (χ2v) is 5.25. The maximum atomic E-state index is 13.6. The molecule has 1 unspecified atom stereocenters. The number of Topliss-reactive ketones (excluding diaryl/α,β-unsaturated/α-hetero) is 1. The van der Waals surface area contributed by atoms with E-state index in [0.29, 0.717) is 16.4 Å². The van der Waals surface area contributed by atoms with Crippen LogP contribution in [0.3, 0.4) is 0 Å². The number of benzene rings is 1. The number of thiocarbonyl (C=S) groups is 1. The molecule has 2 rings (SSSR count). The Morgan fingerprint density at radius 1 is 1.44 bits per heavy atom. The molecule has 1 aliphatic carbocycles. The van der Waals surface area contributed by atoms with Crippen molar-refractivity contribution >= 4 is 40.3 Å². The van der Waals surface area contributed by atoms with Gasteiger partial charge in [-0.1, -0.05) is 30.2 Å². The summed E-state index contributed by atoms with van der Waals surface area (Å²) in [5.74, 6) is -0.593. The third kappa shape index (κ3) is 3.06. The van der Waals surface area contributed by atoms with E-state index < -0.39 is 5.82 Å². The Morgan fingerprint density at radius 2 is 2.22 bits per heavy atom. The minimum Gasteiger partial charge on any atom is -0.347 e. The van der Waals surface area contributed by atoms with Gasteiger partial charge in [-0.05, 0) is 31.0 Å². The van der Waals surface area contributed by atoms with Crippen molar-refractivity contribution in [3.05, 3.63) is 29.0 Å². The second kappa shape index (κ2) is 5.76. The van der Waals surface area contributed by atoms with Crippen LogP contribution in [0, 0.1) is 11.7 Å². The summed E-state index contributed by atoms with van der Waals surface area (Å²) < 4.78 is 13.6. The molecule has 1 fully saturated rings. The first-order valence-corrected chi connectivity index (χ1v) is 6.65. The van der Waals surface area contributed by atoms with Gasteiger partial charge in [0.1, 0.15) is 11.6 Å². The van der Waals surface area contributed by atoms with E-state index in [1.807, 2.05) is 0 Å². The Bertz CT molecular complexity index is 492. The lowest BCUT2D eigenvalue weighted by Crippen LogP contribution is -2.30. The van der Waals surface area contributed by atoms with Crippen molar-refractivity contribution in [2.75, 3.05) is 5.32 Å². The van der Waals surface area contributed by atoms with Gasteiger partial charge in [-0.3, -0.25) is 4.79 Å². The molecule has 0 heterocycles. The third-order valence-corrected chi connectivity index (χ3v) is 3.68. The highest BCUT2D eigenvalue weighted by atomic mass is 35.5. The van der Waals surface area contributed by atoms with E-state index in [2.05, 4.69) is 5.32 Å². The summed E-state index contributed by atoms with van der Waals surface area (Å²) >= 11 is 10.9. The summed E-state index contributed by atoms with van der Waals surface area (Å²) in [6.07, 6.45) is 3.23. The molecule has 2 nitrogen and oxygen atoms in total. The molecular formula is C13H13ClFNOS. The van der Waals surface area contributed by atoms with Crippen LogP contribution in [-0.4, -0.2) is 10.8 Å². The van der Waals surface area contributed by atoms with Gasteiger partial charge in [0.05, 0.1) is 16.6 Å². The lowest BCUT2D eigenvalue weighted by Gasteiger charge is -2.22. The Labute approximate surface area is 116 Å².